The molecule has 0 unspecified atom stereocenters. The van der Waals surface area contributed by atoms with E-state index in [0.29, 0.717) is 36.8 Å². The third kappa shape index (κ3) is 2.77. The normalized spacial score (nSPS) is 36.9. The van der Waals surface area contributed by atoms with Crippen LogP contribution in [0.2, 0.25) is 5.02 Å². The minimum absolute atomic E-state index is 0.183. The molecule has 0 amide bonds. The molecule has 1 saturated carbocycles. The van der Waals surface area contributed by atoms with Crippen molar-refractivity contribution in [1.29, 1.82) is 0 Å². The van der Waals surface area contributed by atoms with E-state index >= 15 is 0 Å². The van der Waals surface area contributed by atoms with Gasteiger partial charge in [0.05, 0.1) is 18.0 Å². The zero-order valence-corrected chi connectivity index (χ0v) is 17.2. The summed E-state index contributed by atoms with van der Waals surface area (Å²) in [4.78, 5) is 8.31. The second-order valence-electron chi connectivity index (χ2n) is 8.56. The number of nitrogens with zero attached hydrogens (tertiary/aromatic N) is 2. The minimum Gasteiger partial charge on any atom is -0.462 e. The van der Waals surface area contributed by atoms with Crippen LogP contribution in [0.3, 0.4) is 0 Å². The van der Waals surface area contributed by atoms with Crippen LogP contribution in [0, 0.1) is 17.3 Å². The molecule has 5 nitrogen and oxygen atoms in total. The summed E-state index contributed by atoms with van der Waals surface area (Å²) in [5.41, 5.74) is 5.83. The number of methoxy groups -OCH3 is 1. The molecule has 1 fully saturated rings. The predicted molar refractivity (Wildman–Crippen MR) is 114 cm³/mol. The molecule has 2 aliphatic carbocycles. The molecule has 0 radical (unpaired) electrons. The summed E-state index contributed by atoms with van der Waals surface area (Å²) in [5, 5.41) is 0.274. The lowest BCUT2D eigenvalue weighted by atomic mass is 9.59. The minimum atomic E-state index is -2.52. The molecule has 158 valence electrons. The average molecular weight is 435 g/mol. The van der Waals surface area contributed by atoms with Crippen molar-refractivity contribution in [3.05, 3.63) is 52.6 Å². The fraction of sp³-hybridized carbons (Fsp3) is 0.478. The van der Waals surface area contributed by atoms with Gasteiger partial charge in [-0.3, -0.25) is 0 Å². The van der Waals surface area contributed by atoms with Crippen LogP contribution in [-0.2, 0) is 21.4 Å². The van der Waals surface area contributed by atoms with Gasteiger partial charge < -0.3 is 15.2 Å². The number of hydrogen-bond acceptors (Lipinski definition) is 5. The van der Waals surface area contributed by atoms with Crippen molar-refractivity contribution in [1.82, 2.24) is 4.98 Å². The number of amidine groups is 1. The van der Waals surface area contributed by atoms with Crippen LogP contribution in [0.5, 0.6) is 0 Å². The lowest BCUT2D eigenvalue weighted by molar-refractivity contribution is -0.0445. The maximum atomic E-state index is 14.6. The number of hydrogen-bond donors (Lipinski definition) is 1. The first kappa shape index (κ1) is 14.8. The summed E-state index contributed by atoms with van der Waals surface area (Å²) in [6.07, 6.45) is 2.54. The maximum absolute atomic E-state index is 14.6. The second kappa shape index (κ2) is 6.92. The number of aromatic nitrogens is 1. The molecule has 30 heavy (non-hydrogen) atoms. The second-order valence-corrected chi connectivity index (χ2v) is 9.00. The standard InChI is InChI=1S/C23H25ClFN3O2/c1-13-9-22(6-5-19(13)29-2)10-15-4-3-14(17-8-16(24)11-27-20(17)25)7-18(15)23(22)12-30-21(26)28-23/h3-4,7-8,11,13,19H,5-6,9-10,12H2,1-2H3,(H2,26,28)/t13-,19-,22-,23+/m1/s1/i2D3,12D2. The van der Waals surface area contributed by atoms with Gasteiger partial charge in [0.25, 0.3) is 6.02 Å². The van der Waals surface area contributed by atoms with Crippen molar-refractivity contribution in [2.75, 3.05) is 13.6 Å². The molecule has 5 rings (SSSR count). The SMILES string of the molecule is [2H]C([2H])([2H])O[C@@H]1CC[C@]2(Cc3ccc(-c4cc(Cl)cnc4F)cc3[C@]23N=C(N)OC3([2H])[2H])C[C@H]1C. The largest absolute Gasteiger partial charge is 0.462 e. The van der Waals surface area contributed by atoms with Crippen LogP contribution in [0.1, 0.15) is 44.2 Å². The molecule has 2 heterocycles. The first-order valence-electron chi connectivity index (χ1n) is 12.4. The number of benzene rings is 1. The Kier molecular flexibility index (Phi) is 3.41. The van der Waals surface area contributed by atoms with Crippen molar-refractivity contribution < 1.29 is 20.7 Å². The Morgan fingerprint density at radius 1 is 1.43 bits per heavy atom. The number of fused-ring (bicyclic) bond motifs is 3. The van der Waals surface area contributed by atoms with Gasteiger partial charge in [-0.05, 0) is 60.4 Å². The topological polar surface area (TPSA) is 69.7 Å². The van der Waals surface area contributed by atoms with Crippen LogP contribution < -0.4 is 5.73 Å². The Bertz CT molecular complexity index is 1230. The van der Waals surface area contributed by atoms with Gasteiger partial charge in [0.2, 0.25) is 5.95 Å². The zero-order chi connectivity index (χ0) is 25.4. The van der Waals surface area contributed by atoms with Crippen LogP contribution in [0.25, 0.3) is 11.1 Å². The van der Waals surface area contributed by atoms with Gasteiger partial charge in [0.1, 0.15) is 12.1 Å². The number of rotatable bonds is 2. The summed E-state index contributed by atoms with van der Waals surface area (Å²) < 4.78 is 65.6. The molecule has 2 N–H and O–H groups in total. The fourth-order valence-electron chi connectivity index (χ4n) is 5.53. The highest BCUT2D eigenvalue weighted by molar-refractivity contribution is 6.30. The first-order valence-corrected chi connectivity index (χ1v) is 10.3. The highest BCUT2D eigenvalue weighted by Gasteiger charge is 2.62. The Morgan fingerprint density at radius 2 is 2.30 bits per heavy atom. The van der Waals surface area contributed by atoms with Crippen LogP contribution in [0.15, 0.2) is 35.5 Å². The number of nitrogens with two attached hydrogens (primary N) is 1. The van der Waals surface area contributed by atoms with Crippen LogP contribution in [0.4, 0.5) is 4.39 Å². The predicted octanol–water partition coefficient (Wildman–Crippen LogP) is 4.46. The summed E-state index contributed by atoms with van der Waals surface area (Å²) in [6.45, 7) is -0.367. The molecule has 1 aliphatic heterocycles. The summed E-state index contributed by atoms with van der Waals surface area (Å²) in [6, 6.07) is 6.54. The third-order valence-electron chi connectivity index (χ3n) is 6.90. The molecule has 2 spiro atoms. The van der Waals surface area contributed by atoms with Gasteiger partial charge in [0, 0.05) is 24.2 Å². The summed E-state index contributed by atoms with van der Waals surface area (Å²) >= 11 is 6.06. The Morgan fingerprint density at radius 3 is 3.03 bits per heavy atom. The van der Waals surface area contributed by atoms with Crippen molar-refractivity contribution >= 4 is 17.6 Å². The molecule has 3 aliphatic rings. The molecule has 4 atom stereocenters. The van der Waals surface area contributed by atoms with Crippen molar-refractivity contribution in [3.63, 3.8) is 0 Å². The van der Waals surface area contributed by atoms with Crippen molar-refractivity contribution in [3.8, 4) is 11.1 Å². The molecular formula is C23H25ClFN3O2. The smallest absolute Gasteiger partial charge is 0.283 e. The van der Waals surface area contributed by atoms with E-state index in [1.807, 2.05) is 13.0 Å². The fourth-order valence-corrected chi connectivity index (χ4v) is 5.69. The van der Waals surface area contributed by atoms with E-state index < -0.39 is 36.6 Å². The molecule has 2 aromatic rings. The monoisotopic (exact) mass is 434 g/mol. The lowest BCUT2D eigenvalue weighted by Crippen LogP contribution is -2.48. The van der Waals surface area contributed by atoms with Gasteiger partial charge in [-0.15, -0.1) is 0 Å². The van der Waals surface area contributed by atoms with E-state index in [1.165, 1.54) is 12.3 Å². The molecular weight excluding hydrogens is 405 g/mol. The van der Waals surface area contributed by atoms with E-state index in [1.54, 1.807) is 12.1 Å². The maximum Gasteiger partial charge on any atom is 0.283 e. The Balaban J connectivity index is 1.64. The molecule has 1 aromatic carbocycles. The lowest BCUT2D eigenvalue weighted by Gasteiger charge is -2.47. The van der Waals surface area contributed by atoms with E-state index in [-0.39, 0.29) is 22.5 Å². The average Bonchev–Trinajstić information content (AvgIpc) is 3.15. The summed E-state index contributed by atoms with van der Waals surface area (Å²) in [7, 11) is -2.52. The van der Waals surface area contributed by atoms with E-state index in [0.717, 1.165) is 5.56 Å². The first-order chi connectivity index (χ1) is 16.3. The molecule has 7 heteroatoms. The Hall–Kier alpha value is -2.18. The van der Waals surface area contributed by atoms with E-state index in [4.69, 9.17) is 33.7 Å². The van der Waals surface area contributed by atoms with Crippen molar-refractivity contribution in [2.45, 2.75) is 44.2 Å². The van der Waals surface area contributed by atoms with E-state index in [9.17, 15) is 4.39 Å². The molecule has 0 saturated heterocycles. The van der Waals surface area contributed by atoms with Gasteiger partial charge in [-0.1, -0.05) is 30.7 Å². The number of ether oxygens (including phenoxy) is 2. The van der Waals surface area contributed by atoms with E-state index in [2.05, 4.69) is 9.98 Å². The van der Waals surface area contributed by atoms with Gasteiger partial charge in [0.15, 0.2) is 0 Å². The Labute approximate surface area is 187 Å². The molecule has 0 bridgehead atoms. The molecule has 1 aromatic heterocycles. The summed E-state index contributed by atoms with van der Waals surface area (Å²) in [5.74, 6) is -0.877. The van der Waals surface area contributed by atoms with Crippen LogP contribution >= 0.6 is 11.6 Å². The number of aliphatic imine (C=N–C) groups is 1. The highest BCUT2D eigenvalue weighted by atomic mass is 35.5. The van der Waals surface area contributed by atoms with Gasteiger partial charge in [-0.25, -0.2) is 9.98 Å². The third-order valence-corrected chi connectivity index (χ3v) is 7.11. The van der Waals surface area contributed by atoms with Crippen LogP contribution in [-0.4, -0.2) is 30.7 Å². The number of halogens is 2. The highest BCUT2D eigenvalue weighted by Crippen LogP contribution is 2.62. The quantitative estimate of drug-likeness (QED) is 0.708. The van der Waals surface area contributed by atoms with Gasteiger partial charge >= 0.3 is 0 Å². The van der Waals surface area contributed by atoms with Gasteiger partial charge in [-0.2, -0.15) is 4.39 Å². The number of pyridine rings is 1. The zero-order valence-electron chi connectivity index (χ0n) is 21.4. The van der Waals surface area contributed by atoms with Crippen molar-refractivity contribution in [2.24, 2.45) is 22.1 Å².